The first-order valence-electron chi connectivity index (χ1n) is 8.85. The molecule has 0 aliphatic heterocycles. The third-order valence-corrected chi connectivity index (χ3v) is 4.18. The van der Waals surface area contributed by atoms with Crippen molar-refractivity contribution in [2.75, 3.05) is 32.6 Å². The number of hydrogen-bond donors (Lipinski definition) is 1. The Morgan fingerprint density at radius 2 is 1.64 bits per heavy atom. The van der Waals surface area contributed by atoms with Crippen LogP contribution in [0.4, 0.5) is 5.69 Å². The molecule has 0 aliphatic rings. The number of carbonyl (C=O) groups excluding carboxylic acids is 3. The minimum absolute atomic E-state index is 0.133. The summed E-state index contributed by atoms with van der Waals surface area (Å²) < 4.78 is 9.44. The highest BCUT2D eigenvalue weighted by Gasteiger charge is 2.18. The Bertz CT molecular complexity index is 836. The lowest BCUT2D eigenvalue weighted by molar-refractivity contribution is -0.117. The van der Waals surface area contributed by atoms with Gasteiger partial charge in [0.1, 0.15) is 0 Å². The van der Waals surface area contributed by atoms with Gasteiger partial charge >= 0.3 is 11.9 Å². The number of hydrogen-bond acceptors (Lipinski definition) is 6. The molecular formula is C21H24N2O5. The van der Waals surface area contributed by atoms with E-state index in [2.05, 4.69) is 5.32 Å². The lowest BCUT2D eigenvalue weighted by atomic mass is 10.1. The smallest absolute Gasteiger partial charge is 0.339 e. The maximum atomic E-state index is 12.6. The highest BCUT2D eigenvalue weighted by molar-refractivity contribution is 6.03. The van der Waals surface area contributed by atoms with Gasteiger partial charge in [-0.2, -0.15) is 0 Å². The topological polar surface area (TPSA) is 84.9 Å². The SMILES string of the molecule is CCN(CC(=O)Nc1cc(C(=O)OC)ccc1C(=O)OC)Cc1ccccc1. The van der Waals surface area contributed by atoms with E-state index in [-0.39, 0.29) is 29.3 Å². The molecule has 28 heavy (non-hydrogen) atoms. The molecule has 2 rings (SSSR count). The molecule has 2 aromatic rings. The summed E-state index contributed by atoms with van der Waals surface area (Å²) in [6, 6.07) is 14.1. The summed E-state index contributed by atoms with van der Waals surface area (Å²) in [7, 11) is 2.51. The maximum Gasteiger partial charge on any atom is 0.339 e. The first kappa shape index (κ1) is 21.1. The van der Waals surface area contributed by atoms with E-state index in [0.717, 1.165) is 5.56 Å². The molecule has 0 fully saturated rings. The van der Waals surface area contributed by atoms with Crippen LogP contribution in [0, 0.1) is 0 Å². The molecular weight excluding hydrogens is 360 g/mol. The molecule has 7 heteroatoms. The molecule has 2 aromatic carbocycles. The first-order chi connectivity index (χ1) is 13.5. The minimum atomic E-state index is -0.608. The van der Waals surface area contributed by atoms with Gasteiger partial charge in [0, 0.05) is 6.54 Å². The van der Waals surface area contributed by atoms with Gasteiger partial charge < -0.3 is 14.8 Å². The van der Waals surface area contributed by atoms with Crippen LogP contribution in [0.5, 0.6) is 0 Å². The summed E-state index contributed by atoms with van der Waals surface area (Å²) in [5, 5.41) is 2.71. The molecule has 0 saturated heterocycles. The van der Waals surface area contributed by atoms with E-state index in [9.17, 15) is 14.4 Å². The zero-order chi connectivity index (χ0) is 20.5. The Morgan fingerprint density at radius 1 is 0.964 bits per heavy atom. The molecule has 1 amide bonds. The molecule has 0 bridgehead atoms. The van der Waals surface area contributed by atoms with Crippen molar-refractivity contribution in [1.82, 2.24) is 4.90 Å². The molecule has 1 N–H and O–H groups in total. The average Bonchev–Trinajstić information content (AvgIpc) is 2.72. The Kier molecular flexibility index (Phi) is 7.71. The van der Waals surface area contributed by atoms with Crippen molar-refractivity contribution in [3.8, 4) is 0 Å². The number of methoxy groups -OCH3 is 2. The number of esters is 2. The largest absolute Gasteiger partial charge is 0.465 e. The zero-order valence-electron chi connectivity index (χ0n) is 16.2. The van der Waals surface area contributed by atoms with E-state index in [1.54, 1.807) is 0 Å². The lowest BCUT2D eigenvalue weighted by Gasteiger charge is -2.20. The van der Waals surface area contributed by atoms with Crippen LogP contribution in [0.1, 0.15) is 33.2 Å². The normalized spacial score (nSPS) is 10.4. The van der Waals surface area contributed by atoms with Gasteiger partial charge in [0.15, 0.2) is 0 Å². The van der Waals surface area contributed by atoms with E-state index >= 15 is 0 Å². The molecule has 0 atom stereocenters. The number of nitrogens with zero attached hydrogens (tertiary/aromatic N) is 1. The second-order valence-electron chi connectivity index (χ2n) is 6.08. The van der Waals surface area contributed by atoms with Crippen molar-refractivity contribution in [3.63, 3.8) is 0 Å². The van der Waals surface area contributed by atoms with Crippen LogP contribution < -0.4 is 5.32 Å². The number of nitrogens with one attached hydrogen (secondary N) is 1. The van der Waals surface area contributed by atoms with Crippen molar-refractivity contribution in [3.05, 3.63) is 65.2 Å². The average molecular weight is 384 g/mol. The van der Waals surface area contributed by atoms with Crippen LogP contribution in [0.3, 0.4) is 0 Å². The molecule has 0 spiro atoms. The van der Waals surface area contributed by atoms with Gasteiger partial charge in [0.05, 0.1) is 37.6 Å². The van der Waals surface area contributed by atoms with Crippen molar-refractivity contribution >= 4 is 23.5 Å². The van der Waals surface area contributed by atoms with Crippen LogP contribution in [-0.4, -0.2) is 50.1 Å². The van der Waals surface area contributed by atoms with E-state index in [1.165, 1.54) is 32.4 Å². The second kappa shape index (κ2) is 10.2. The van der Waals surface area contributed by atoms with Gasteiger partial charge in [-0.3, -0.25) is 9.69 Å². The predicted molar refractivity (Wildman–Crippen MR) is 105 cm³/mol. The zero-order valence-corrected chi connectivity index (χ0v) is 16.2. The van der Waals surface area contributed by atoms with Crippen LogP contribution in [0.15, 0.2) is 48.5 Å². The first-order valence-corrected chi connectivity index (χ1v) is 8.85. The van der Waals surface area contributed by atoms with Gasteiger partial charge in [0.2, 0.25) is 5.91 Å². The van der Waals surface area contributed by atoms with Crippen LogP contribution >= 0.6 is 0 Å². The van der Waals surface area contributed by atoms with Crippen LogP contribution in [-0.2, 0) is 20.8 Å². The van der Waals surface area contributed by atoms with E-state index in [4.69, 9.17) is 9.47 Å². The number of ether oxygens (including phenoxy) is 2. The fourth-order valence-corrected chi connectivity index (χ4v) is 2.69. The molecule has 0 heterocycles. The summed E-state index contributed by atoms with van der Waals surface area (Å²) >= 11 is 0. The highest BCUT2D eigenvalue weighted by atomic mass is 16.5. The van der Waals surface area contributed by atoms with Gasteiger partial charge in [-0.25, -0.2) is 9.59 Å². The Balaban J connectivity index is 2.16. The van der Waals surface area contributed by atoms with Crippen LogP contribution in [0.25, 0.3) is 0 Å². The Morgan fingerprint density at radius 3 is 2.25 bits per heavy atom. The molecule has 0 saturated carbocycles. The van der Waals surface area contributed by atoms with Gasteiger partial charge in [-0.15, -0.1) is 0 Å². The maximum absolute atomic E-state index is 12.6. The van der Waals surface area contributed by atoms with Gasteiger partial charge in [0.25, 0.3) is 0 Å². The fraction of sp³-hybridized carbons (Fsp3) is 0.286. The van der Waals surface area contributed by atoms with E-state index in [1.807, 2.05) is 42.2 Å². The standard InChI is InChI=1S/C21H24N2O5/c1-4-23(13-15-8-6-5-7-9-15)14-19(24)22-18-12-16(20(25)27-2)10-11-17(18)21(26)28-3/h5-12H,4,13-14H2,1-3H3,(H,22,24). The van der Waals surface area contributed by atoms with E-state index in [0.29, 0.717) is 13.1 Å². The predicted octanol–water partition coefficient (Wildman–Crippen LogP) is 2.72. The summed E-state index contributed by atoms with van der Waals surface area (Å²) in [6.07, 6.45) is 0. The monoisotopic (exact) mass is 384 g/mol. The quantitative estimate of drug-likeness (QED) is 0.705. The van der Waals surface area contributed by atoms with Crippen molar-refractivity contribution in [2.24, 2.45) is 0 Å². The molecule has 0 radical (unpaired) electrons. The molecule has 148 valence electrons. The number of carbonyl (C=O) groups is 3. The summed E-state index contributed by atoms with van der Waals surface area (Å²) in [4.78, 5) is 38.3. The number of benzene rings is 2. The summed E-state index contributed by atoms with van der Waals surface area (Å²) in [5.74, 6) is -1.47. The minimum Gasteiger partial charge on any atom is -0.465 e. The number of amides is 1. The molecule has 7 nitrogen and oxygen atoms in total. The molecule has 0 aromatic heterocycles. The Labute approximate surface area is 164 Å². The second-order valence-corrected chi connectivity index (χ2v) is 6.08. The van der Waals surface area contributed by atoms with E-state index < -0.39 is 11.9 Å². The number of likely N-dealkylation sites (N-methyl/N-ethyl adjacent to an activating group) is 1. The number of anilines is 1. The fourth-order valence-electron chi connectivity index (χ4n) is 2.69. The third kappa shape index (κ3) is 5.65. The highest BCUT2D eigenvalue weighted by Crippen LogP contribution is 2.20. The van der Waals surface area contributed by atoms with Crippen molar-refractivity contribution in [2.45, 2.75) is 13.5 Å². The summed E-state index contributed by atoms with van der Waals surface area (Å²) in [5.41, 5.74) is 1.69. The lowest BCUT2D eigenvalue weighted by Crippen LogP contribution is -2.33. The van der Waals surface area contributed by atoms with Gasteiger partial charge in [-0.05, 0) is 30.3 Å². The van der Waals surface area contributed by atoms with Gasteiger partial charge in [-0.1, -0.05) is 37.3 Å². The molecule has 0 unspecified atom stereocenters. The van der Waals surface area contributed by atoms with Crippen molar-refractivity contribution < 1.29 is 23.9 Å². The Hall–Kier alpha value is -3.19. The summed E-state index contributed by atoms with van der Waals surface area (Å²) in [6.45, 7) is 3.40. The molecule has 0 aliphatic carbocycles. The van der Waals surface area contributed by atoms with Crippen LogP contribution in [0.2, 0.25) is 0 Å². The number of rotatable bonds is 8. The van der Waals surface area contributed by atoms with Crippen molar-refractivity contribution in [1.29, 1.82) is 0 Å². The third-order valence-electron chi connectivity index (χ3n) is 4.18.